The molecule has 0 bridgehead atoms. The van der Waals surface area contributed by atoms with Crippen LogP contribution in [0.5, 0.6) is 0 Å². The summed E-state index contributed by atoms with van der Waals surface area (Å²) in [6, 6.07) is 19.1. The van der Waals surface area contributed by atoms with E-state index in [2.05, 4.69) is 9.97 Å². The Bertz CT molecular complexity index is 982. The van der Waals surface area contributed by atoms with Crippen LogP contribution in [-0.4, -0.2) is 40.7 Å². The zero-order valence-electron chi connectivity index (χ0n) is 16.1. The van der Waals surface area contributed by atoms with Crippen molar-refractivity contribution in [3.8, 4) is 0 Å². The van der Waals surface area contributed by atoms with Gasteiger partial charge in [-0.3, -0.25) is 0 Å². The summed E-state index contributed by atoms with van der Waals surface area (Å²) in [5.41, 5.74) is 1.53. The number of hydrogen-bond donors (Lipinski definition) is 0. The third-order valence-corrected chi connectivity index (χ3v) is 4.79. The van der Waals surface area contributed by atoms with Crippen LogP contribution in [0.2, 0.25) is 0 Å². The molecule has 0 unspecified atom stereocenters. The maximum atomic E-state index is 12.6. The minimum Gasteiger partial charge on any atom is -0.455 e. The predicted molar refractivity (Wildman–Crippen MR) is 107 cm³/mol. The highest BCUT2D eigenvalue weighted by Gasteiger charge is 2.38. The van der Waals surface area contributed by atoms with Gasteiger partial charge in [0.15, 0.2) is 6.10 Å². The summed E-state index contributed by atoms with van der Waals surface area (Å²) < 4.78 is 17.2. The van der Waals surface area contributed by atoms with Crippen molar-refractivity contribution in [1.82, 2.24) is 9.97 Å². The van der Waals surface area contributed by atoms with Gasteiger partial charge in [0.1, 0.15) is 18.5 Å². The van der Waals surface area contributed by atoms with Crippen LogP contribution in [0.1, 0.15) is 38.9 Å². The Labute approximate surface area is 173 Å². The normalized spacial score (nSPS) is 20.9. The molecule has 0 N–H and O–H groups in total. The molecule has 0 aliphatic carbocycles. The summed E-state index contributed by atoms with van der Waals surface area (Å²) in [5.74, 6) is -0.977. The minimum absolute atomic E-state index is 0.0833. The van der Waals surface area contributed by atoms with Crippen LogP contribution in [0, 0.1) is 0 Å². The van der Waals surface area contributed by atoms with Crippen molar-refractivity contribution in [2.45, 2.75) is 24.7 Å². The number of aromatic nitrogens is 2. The Morgan fingerprint density at radius 1 is 0.833 bits per heavy atom. The van der Waals surface area contributed by atoms with Gasteiger partial charge in [-0.2, -0.15) is 0 Å². The Balaban J connectivity index is 1.52. The van der Waals surface area contributed by atoms with Crippen LogP contribution >= 0.6 is 0 Å². The number of benzene rings is 2. The van der Waals surface area contributed by atoms with Crippen LogP contribution in [0.4, 0.5) is 0 Å². The molecule has 1 aromatic heterocycles. The van der Waals surface area contributed by atoms with Gasteiger partial charge in [0.25, 0.3) is 0 Å². The third-order valence-electron chi connectivity index (χ3n) is 4.79. The van der Waals surface area contributed by atoms with Crippen molar-refractivity contribution in [3.63, 3.8) is 0 Å². The van der Waals surface area contributed by atoms with Crippen molar-refractivity contribution in [2.24, 2.45) is 0 Å². The first-order valence-electron chi connectivity index (χ1n) is 9.60. The minimum atomic E-state index is -0.733. The summed E-state index contributed by atoms with van der Waals surface area (Å²) >= 11 is 0. The number of rotatable bonds is 5. The second kappa shape index (κ2) is 9.28. The molecule has 4 rings (SSSR count). The van der Waals surface area contributed by atoms with Gasteiger partial charge in [-0.05, 0) is 30.3 Å². The Kier molecular flexibility index (Phi) is 6.10. The molecule has 7 nitrogen and oxygen atoms in total. The first-order chi connectivity index (χ1) is 14.7. The number of ether oxygens (including phenoxy) is 3. The van der Waals surface area contributed by atoms with E-state index in [4.69, 9.17) is 14.2 Å². The smallest absolute Gasteiger partial charge is 0.338 e. The Hall–Kier alpha value is -3.58. The highest BCUT2D eigenvalue weighted by atomic mass is 16.6. The van der Waals surface area contributed by atoms with Gasteiger partial charge in [-0.25, -0.2) is 19.6 Å². The molecule has 1 aliphatic rings. The van der Waals surface area contributed by atoms with E-state index in [9.17, 15) is 9.59 Å². The largest absolute Gasteiger partial charge is 0.455 e. The molecule has 1 fully saturated rings. The topological polar surface area (TPSA) is 87.6 Å². The number of carbonyl (C=O) groups is 2. The maximum absolute atomic E-state index is 12.6. The van der Waals surface area contributed by atoms with Gasteiger partial charge in [0.05, 0.1) is 23.4 Å². The summed E-state index contributed by atoms with van der Waals surface area (Å²) in [5, 5.41) is 0. The number of nitrogens with zero attached hydrogens (tertiary/aromatic N) is 2. The summed E-state index contributed by atoms with van der Waals surface area (Å²) in [7, 11) is 0. The van der Waals surface area contributed by atoms with Gasteiger partial charge in [-0.15, -0.1) is 0 Å². The molecule has 7 heteroatoms. The molecule has 0 amide bonds. The fourth-order valence-electron chi connectivity index (χ4n) is 3.24. The molecular formula is C23H20N2O5. The van der Waals surface area contributed by atoms with Gasteiger partial charge < -0.3 is 14.2 Å². The fraction of sp³-hybridized carbons (Fsp3) is 0.217. The lowest BCUT2D eigenvalue weighted by atomic mass is 10.0. The molecule has 1 saturated heterocycles. The van der Waals surface area contributed by atoms with Crippen LogP contribution in [0.15, 0.2) is 79.3 Å². The number of carbonyl (C=O) groups excluding carboxylic acids is 2. The second-order valence-corrected chi connectivity index (χ2v) is 6.81. The molecule has 0 spiro atoms. The van der Waals surface area contributed by atoms with E-state index in [-0.39, 0.29) is 6.61 Å². The molecule has 0 saturated carbocycles. The molecular weight excluding hydrogens is 384 g/mol. The van der Waals surface area contributed by atoms with E-state index in [0.29, 0.717) is 23.2 Å². The zero-order valence-corrected chi connectivity index (χ0v) is 16.1. The summed E-state index contributed by atoms with van der Waals surface area (Å²) in [4.78, 5) is 33.3. The third kappa shape index (κ3) is 4.69. The van der Waals surface area contributed by atoms with Crippen molar-refractivity contribution < 1.29 is 23.8 Å². The molecule has 0 radical (unpaired) electrons. The van der Waals surface area contributed by atoms with E-state index in [1.165, 1.54) is 6.33 Å². The standard InChI is InChI=1S/C23H20N2O5/c26-22(16-7-3-1-4-8-16)29-20-13-19(18-11-12-24-15-25-18)28-14-21(20)30-23(27)17-9-5-2-6-10-17/h1-12,15,19-21H,13-14H2/t19-,20+,21-/m1/s1. The molecule has 3 atom stereocenters. The molecule has 30 heavy (non-hydrogen) atoms. The van der Waals surface area contributed by atoms with Crippen molar-refractivity contribution in [3.05, 3.63) is 96.1 Å². The lowest BCUT2D eigenvalue weighted by molar-refractivity contribution is -0.132. The Morgan fingerprint density at radius 3 is 2.00 bits per heavy atom. The van der Waals surface area contributed by atoms with Crippen LogP contribution in [0.25, 0.3) is 0 Å². The SMILES string of the molecule is O=C(O[C@H]1C[C@H](c2ccncn2)OC[C@H]1OC(=O)c1ccccc1)c1ccccc1. The van der Waals surface area contributed by atoms with E-state index >= 15 is 0 Å². The molecule has 2 aromatic carbocycles. The fourth-order valence-corrected chi connectivity index (χ4v) is 3.24. The van der Waals surface area contributed by atoms with E-state index in [1.807, 2.05) is 12.1 Å². The molecule has 1 aliphatic heterocycles. The zero-order chi connectivity index (χ0) is 20.8. The second-order valence-electron chi connectivity index (χ2n) is 6.81. The summed E-state index contributed by atoms with van der Waals surface area (Å²) in [6.45, 7) is 0.0833. The van der Waals surface area contributed by atoms with Crippen LogP contribution < -0.4 is 0 Å². The maximum Gasteiger partial charge on any atom is 0.338 e. The van der Waals surface area contributed by atoms with E-state index in [1.54, 1.807) is 60.8 Å². The number of esters is 2. The van der Waals surface area contributed by atoms with E-state index in [0.717, 1.165) is 0 Å². The quantitative estimate of drug-likeness (QED) is 0.602. The highest BCUT2D eigenvalue weighted by molar-refractivity contribution is 5.90. The molecule has 2 heterocycles. The van der Waals surface area contributed by atoms with Crippen molar-refractivity contribution >= 4 is 11.9 Å². The van der Waals surface area contributed by atoms with Crippen LogP contribution in [-0.2, 0) is 14.2 Å². The van der Waals surface area contributed by atoms with Gasteiger partial charge in [0, 0.05) is 12.6 Å². The average Bonchev–Trinajstić information content (AvgIpc) is 2.82. The molecule has 3 aromatic rings. The molecule has 152 valence electrons. The lowest BCUT2D eigenvalue weighted by Gasteiger charge is -2.35. The lowest BCUT2D eigenvalue weighted by Crippen LogP contribution is -2.44. The first kappa shape index (κ1) is 19.7. The first-order valence-corrected chi connectivity index (χ1v) is 9.60. The number of hydrogen-bond acceptors (Lipinski definition) is 7. The van der Waals surface area contributed by atoms with Gasteiger partial charge >= 0.3 is 11.9 Å². The Morgan fingerprint density at radius 2 is 1.43 bits per heavy atom. The van der Waals surface area contributed by atoms with Crippen molar-refractivity contribution in [1.29, 1.82) is 0 Å². The van der Waals surface area contributed by atoms with E-state index < -0.39 is 30.3 Å². The summed E-state index contributed by atoms with van der Waals surface area (Å²) in [6.07, 6.45) is 1.56. The van der Waals surface area contributed by atoms with Crippen LogP contribution in [0.3, 0.4) is 0 Å². The van der Waals surface area contributed by atoms with Gasteiger partial charge in [0.2, 0.25) is 0 Å². The average molecular weight is 404 g/mol. The highest BCUT2D eigenvalue weighted by Crippen LogP contribution is 2.30. The van der Waals surface area contributed by atoms with Crippen molar-refractivity contribution in [2.75, 3.05) is 6.61 Å². The monoisotopic (exact) mass is 404 g/mol. The van der Waals surface area contributed by atoms with Gasteiger partial charge in [-0.1, -0.05) is 36.4 Å². The predicted octanol–water partition coefficient (Wildman–Crippen LogP) is 3.39.